The summed E-state index contributed by atoms with van der Waals surface area (Å²) in [7, 11) is 2.03. The molecule has 4 nitrogen and oxygen atoms in total. The number of nitrogens with zero attached hydrogens (tertiary/aromatic N) is 2. The summed E-state index contributed by atoms with van der Waals surface area (Å²) >= 11 is 5.21. The fourth-order valence-corrected chi connectivity index (χ4v) is 3.05. The number of hydrogen-bond acceptors (Lipinski definition) is 3. The fraction of sp³-hybridized carbons (Fsp3) is 0.615. The highest BCUT2D eigenvalue weighted by Gasteiger charge is 2.08. The highest BCUT2D eigenvalue weighted by Crippen LogP contribution is 2.22. The molecule has 1 heterocycles. The van der Waals surface area contributed by atoms with Crippen LogP contribution in [0.2, 0.25) is 0 Å². The molecular formula is C13H23BrIN3OS. The quantitative estimate of drug-likeness (QED) is 0.377. The van der Waals surface area contributed by atoms with Crippen LogP contribution in [0.15, 0.2) is 20.9 Å². The Labute approximate surface area is 150 Å². The van der Waals surface area contributed by atoms with Crippen molar-refractivity contribution in [1.29, 1.82) is 0 Å². The molecule has 20 heavy (non-hydrogen) atoms. The Bertz CT molecular complexity index is 414. The molecule has 0 radical (unpaired) electrons. The zero-order valence-corrected chi connectivity index (χ0v) is 16.8. The zero-order valence-electron chi connectivity index (χ0n) is 12.1. The number of halogens is 2. The lowest BCUT2D eigenvalue weighted by Crippen LogP contribution is -2.38. The van der Waals surface area contributed by atoms with Gasteiger partial charge in [-0.2, -0.15) is 0 Å². The average Bonchev–Trinajstić information content (AvgIpc) is 2.79. The summed E-state index contributed by atoms with van der Waals surface area (Å²) in [4.78, 5) is 7.94. The third-order valence-electron chi connectivity index (χ3n) is 2.58. The van der Waals surface area contributed by atoms with Crippen LogP contribution in [0.5, 0.6) is 0 Å². The molecule has 1 unspecified atom stereocenters. The van der Waals surface area contributed by atoms with E-state index in [4.69, 9.17) is 5.11 Å². The second kappa shape index (κ2) is 10.8. The van der Waals surface area contributed by atoms with Crippen LogP contribution in [-0.2, 0) is 6.54 Å². The minimum absolute atomic E-state index is 0. The maximum Gasteiger partial charge on any atom is 0.193 e. The predicted molar refractivity (Wildman–Crippen MR) is 101 cm³/mol. The number of thiophene rings is 1. The minimum Gasteiger partial charge on any atom is -0.396 e. The maximum absolute atomic E-state index is 9.05. The summed E-state index contributed by atoms with van der Waals surface area (Å²) in [5.41, 5.74) is 0. The van der Waals surface area contributed by atoms with Crippen LogP contribution in [0.25, 0.3) is 0 Å². The molecule has 7 heteroatoms. The summed E-state index contributed by atoms with van der Waals surface area (Å²) < 4.78 is 1.15. The van der Waals surface area contributed by atoms with Crippen molar-refractivity contribution < 1.29 is 5.11 Å². The van der Waals surface area contributed by atoms with Crippen molar-refractivity contribution in [2.75, 3.05) is 26.7 Å². The lowest BCUT2D eigenvalue weighted by atomic mass is 10.2. The van der Waals surface area contributed by atoms with Gasteiger partial charge < -0.3 is 15.3 Å². The molecule has 0 spiro atoms. The Balaban J connectivity index is 0.00000361. The first-order chi connectivity index (χ1) is 9.06. The van der Waals surface area contributed by atoms with Crippen LogP contribution in [0.3, 0.4) is 0 Å². The van der Waals surface area contributed by atoms with E-state index >= 15 is 0 Å². The van der Waals surface area contributed by atoms with Gasteiger partial charge in [-0.25, -0.2) is 0 Å². The van der Waals surface area contributed by atoms with Crippen LogP contribution in [0.1, 0.15) is 18.7 Å². The molecule has 0 aromatic carbocycles. The van der Waals surface area contributed by atoms with Crippen LogP contribution >= 0.6 is 51.2 Å². The van der Waals surface area contributed by atoms with Gasteiger partial charge in [0.05, 0.1) is 10.3 Å². The summed E-state index contributed by atoms with van der Waals surface area (Å²) in [6, 6.07) is 4.18. The third-order valence-corrected chi connectivity index (χ3v) is 4.19. The number of rotatable bonds is 6. The van der Waals surface area contributed by atoms with Gasteiger partial charge in [-0.3, -0.25) is 4.99 Å². The average molecular weight is 476 g/mol. The van der Waals surface area contributed by atoms with Crippen LogP contribution in [0, 0.1) is 5.92 Å². The summed E-state index contributed by atoms with van der Waals surface area (Å²) in [6.07, 6.45) is 0. The summed E-state index contributed by atoms with van der Waals surface area (Å²) in [6.45, 7) is 6.52. The highest BCUT2D eigenvalue weighted by atomic mass is 127. The van der Waals surface area contributed by atoms with Gasteiger partial charge in [0, 0.05) is 31.6 Å². The van der Waals surface area contributed by atoms with Gasteiger partial charge in [0.1, 0.15) is 0 Å². The van der Waals surface area contributed by atoms with Crippen molar-refractivity contribution in [1.82, 2.24) is 10.2 Å². The second-order valence-electron chi connectivity index (χ2n) is 4.54. The molecule has 0 fully saturated rings. The monoisotopic (exact) mass is 475 g/mol. The van der Waals surface area contributed by atoms with Gasteiger partial charge in [0.25, 0.3) is 0 Å². The molecule has 1 aromatic rings. The van der Waals surface area contributed by atoms with Gasteiger partial charge in [0.15, 0.2) is 5.96 Å². The lowest BCUT2D eigenvalue weighted by molar-refractivity contribution is 0.241. The van der Waals surface area contributed by atoms with Crippen LogP contribution in [-0.4, -0.2) is 42.7 Å². The van der Waals surface area contributed by atoms with Gasteiger partial charge in [0.2, 0.25) is 0 Å². The molecule has 0 saturated heterocycles. The molecule has 1 rings (SSSR count). The molecule has 0 amide bonds. The van der Waals surface area contributed by atoms with E-state index in [1.807, 2.05) is 14.0 Å². The normalized spacial score (nSPS) is 12.8. The molecule has 0 aliphatic heterocycles. The van der Waals surface area contributed by atoms with Crippen molar-refractivity contribution in [3.05, 3.63) is 20.8 Å². The molecule has 1 atom stereocenters. The SMILES string of the molecule is CCNC(=NCC(C)CO)N(C)Cc1ccc(Br)s1.I. The largest absolute Gasteiger partial charge is 0.396 e. The maximum atomic E-state index is 9.05. The topological polar surface area (TPSA) is 47.9 Å². The molecule has 0 aliphatic carbocycles. The molecule has 1 aromatic heterocycles. The first-order valence-electron chi connectivity index (χ1n) is 6.41. The van der Waals surface area contributed by atoms with E-state index in [0.29, 0.717) is 6.54 Å². The van der Waals surface area contributed by atoms with Gasteiger partial charge in [-0.15, -0.1) is 35.3 Å². The van der Waals surface area contributed by atoms with Crippen molar-refractivity contribution >= 4 is 57.2 Å². The smallest absolute Gasteiger partial charge is 0.193 e. The molecular weight excluding hydrogens is 453 g/mol. The predicted octanol–water partition coefficient (Wildman–Crippen LogP) is 3.15. The van der Waals surface area contributed by atoms with Crippen molar-refractivity contribution in [3.8, 4) is 0 Å². The first-order valence-corrected chi connectivity index (χ1v) is 8.02. The van der Waals surface area contributed by atoms with Crippen LogP contribution < -0.4 is 5.32 Å². The van der Waals surface area contributed by atoms with Gasteiger partial charge in [-0.05, 0) is 40.9 Å². The standard InChI is InChI=1S/C13H22BrN3OS.HI/c1-4-15-13(16-7-10(2)9-18)17(3)8-11-5-6-12(14)19-11;/h5-6,10,18H,4,7-9H2,1-3H3,(H,15,16);1H. The number of hydrogen-bond donors (Lipinski definition) is 2. The Morgan fingerprint density at radius 1 is 1.55 bits per heavy atom. The van der Waals surface area contributed by atoms with Crippen molar-refractivity contribution in [2.45, 2.75) is 20.4 Å². The first kappa shape index (κ1) is 20.1. The molecule has 116 valence electrons. The molecule has 0 bridgehead atoms. The van der Waals surface area contributed by atoms with Gasteiger partial charge in [-0.1, -0.05) is 6.92 Å². The lowest BCUT2D eigenvalue weighted by Gasteiger charge is -2.21. The Morgan fingerprint density at radius 2 is 2.25 bits per heavy atom. The second-order valence-corrected chi connectivity index (χ2v) is 7.09. The van der Waals surface area contributed by atoms with Crippen molar-refractivity contribution in [2.24, 2.45) is 10.9 Å². The molecule has 0 aliphatic rings. The fourth-order valence-electron chi connectivity index (χ4n) is 1.52. The van der Waals surface area contributed by atoms with E-state index in [2.05, 4.69) is 50.2 Å². The Kier molecular flexibility index (Phi) is 10.9. The van der Waals surface area contributed by atoms with Crippen LogP contribution in [0.4, 0.5) is 0 Å². The van der Waals surface area contributed by atoms with E-state index in [0.717, 1.165) is 22.8 Å². The Hall–Kier alpha value is 0.140. The Morgan fingerprint density at radius 3 is 2.75 bits per heavy atom. The third kappa shape index (κ3) is 7.24. The van der Waals surface area contributed by atoms with E-state index < -0.39 is 0 Å². The highest BCUT2D eigenvalue weighted by molar-refractivity contribution is 14.0. The number of nitrogens with one attached hydrogen (secondary N) is 1. The van der Waals surface area contributed by atoms with E-state index in [1.165, 1.54) is 4.88 Å². The van der Waals surface area contributed by atoms with E-state index in [1.54, 1.807) is 11.3 Å². The summed E-state index contributed by atoms with van der Waals surface area (Å²) in [5.74, 6) is 1.07. The van der Waals surface area contributed by atoms with Crippen molar-refractivity contribution in [3.63, 3.8) is 0 Å². The van der Waals surface area contributed by atoms with Gasteiger partial charge >= 0.3 is 0 Å². The molecule has 0 saturated carbocycles. The summed E-state index contributed by atoms with van der Waals surface area (Å²) in [5, 5.41) is 12.3. The zero-order chi connectivity index (χ0) is 14.3. The minimum atomic E-state index is 0. The molecule has 2 N–H and O–H groups in total. The number of aliphatic imine (C=N–C) groups is 1. The number of guanidine groups is 1. The number of aliphatic hydroxyl groups excluding tert-OH is 1. The van der Waals surface area contributed by atoms with E-state index in [9.17, 15) is 0 Å². The van der Waals surface area contributed by atoms with E-state index in [-0.39, 0.29) is 36.5 Å². The number of aliphatic hydroxyl groups is 1.